The van der Waals surface area contributed by atoms with E-state index < -0.39 is 5.54 Å². The molecule has 0 saturated carbocycles. The first-order valence-electron chi connectivity index (χ1n) is 18.1. The Hall–Kier alpha value is -6.05. The minimum absolute atomic E-state index is 0.0329. The fourth-order valence-electron chi connectivity index (χ4n) is 7.66. The topological polar surface area (TPSA) is 84.6 Å². The highest BCUT2D eigenvalue weighted by Gasteiger charge is 2.39. The van der Waals surface area contributed by atoms with Gasteiger partial charge < -0.3 is 19.2 Å². The number of para-hydroxylation sites is 1. The van der Waals surface area contributed by atoms with Crippen molar-refractivity contribution in [3.05, 3.63) is 209 Å². The number of aromatic nitrogens is 6. The Balaban J connectivity index is 1.12. The van der Waals surface area contributed by atoms with Gasteiger partial charge in [-0.05, 0) is 58.7 Å². The van der Waals surface area contributed by atoms with Gasteiger partial charge in [-0.1, -0.05) is 133 Å². The fourth-order valence-corrected chi connectivity index (χ4v) is 7.66. The summed E-state index contributed by atoms with van der Waals surface area (Å²) >= 11 is 0. The second-order valence-electron chi connectivity index (χ2n) is 13.4. The Morgan fingerprint density at radius 3 is 1.87 bits per heavy atom. The van der Waals surface area contributed by atoms with Gasteiger partial charge in [0.1, 0.15) is 17.2 Å². The third-order valence-electron chi connectivity index (χ3n) is 10.2. The molecule has 0 fully saturated rings. The number of aryl methyl sites for hydroxylation is 3. The summed E-state index contributed by atoms with van der Waals surface area (Å²) in [6.45, 7) is 0.811. The van der Waals surface area contributed by atoms with E-state index in [0.717, 1.165) is 66.2 Å². The van der Waals surface area contributed by atoms with Crippen LogP contribution in [0, 0.1) is 0 Å². The number of nitrogens with one attached hydrogen (secondary N) is 1. The van der Waals surface area contributed by atoms with Crippen LogP contribution in [0.4, 0.5) is 0 Å². The maximum absolute atomic E-state index is 9.57. The van der Waals surface area contributed by atoms with E-state index in [1.54, 1.807) is 0 Å². The Bertz CT molecular complexity index is 2240. The summed E-state index contributed by atoms with van der Waals surface area (Å²) < 4.78 is 4.70. The molecule has 0 aliphatic heterocycles. The Kier molecular flexibility index (Phi) is 9.59. The van der Waals surface area contributed by atoms with Crippen molar-refractivity contribution in [1.29, 1.82) is 0 Å². The molecule has 8 aromatic rings. The molecule has 7 heteroatoms. The number of fused-ring (bicyclic) bond motifs is 1. The first kappa shape index (κ1) is 33.1. The van der Waals surface area contributed by atoms with E-state index >= 15 is 0 Å². The van der Waals surface area contributed by atoms with Crippen molar-refractivity contribution >= 4 is 10.9 Å². The highest BCUT2D eigenvalue weighted by molar-refractivity contribution is 5.83. The first-order valence-corrected chi connectivity index (χ1v) is 18.1. The summed E-state index contributed by atoms with van der Waals surface area (Å²) in [5.74, 6) is 1.94. The number of H-pyrrole nitrogens is 1. The molecule has 0 saturated heterocycles. The molecule has 0 unspecified atom stereocenters. The number of aliphatic hydroxyl groups excluding tert-OH is 1. The van der Waals surface area contributed by atoms with Gasteiger partial charge in [0, 0.05) is 48.4 Å². The molecule has 3 heterocycles. The summed E-state index contributed by atoms with van der Waals surface area (Å²) in [6.07, 6.45) is 10.2. The number of aliphatic hydroxyl groups is 1. The highest BCUT2D eigenvalue weighted by Crippen LogP contribution is 2.41. The SMILES string of the molecule is OCc1ccc(Cc2nnc(CCc3c[nH]c4ccccc34)n2CCCc2cncn2C(c2ccccc2)(c2ccccc2)c2ccccc2)cc1. The van der Waals surface area contributed by atoms with E-state index in [9.17, 15) is 5.11 Å². The molecule has 0 bridgehead atoms. The van der Waals surface area contributed by atoms with Crippen LogP contribution in [-0.4, -0.2) is 34.4 Å². The second kappa shape index (κ2) is 15.1. The van der Waals surface area contributed by atoms with Crippen LogP contribution >= 0.6 is 0 Å². The quantitative estimate of drug-likeness (QED) is 0.113. The summed E-state index contributed by atoms with van der Waals surface area (Å²) in [4.78, 5) is 8.20. The van der Waals surface area contributed by atoms with Gasteiger partial charge in [-0.3, -0.25) is 0 Å². The smallest absolute Gasteiger partial charge is 0.137 e. The third-order valence-corrected chi connectivity index (χ3v) is 10.2. The van der Waals surface area contributed by atoms with Crippen LogP contribution in [0.1, 0.15) is 57.1 Å². The van der Waals surface area contributed by atoms with Gasteiger partial charge in [0.05, 0.1) is 12.9 Å². The van der Waals surface area contributed by atoms with E-state index in [2.05, 4.69) is 148 Å². The molecule has 0 aliphatic rings. The Morgan fingerprint density at radius 1 is 0.615 bits per heavy atom. The van der Waals surface area contributed by atoms with Crippen LogP contribution in [0.2, 0.25) is 0 Å². The summed E-state index contributed by atoms with van der Waals surface area (Å²) in [7, 11) is 0. The maximum atomic E-state index is 9.57. The Morgan fingerprint density at radius 2 is 1.21 bits per heavy atom. The van der Waals surface area contributed by atoms with Crippen molar-refractivity contribution in [3.63, 3.8) is 0 Å². The van der Waals surface area contributed by atoms with Gasteiger partial charge in [0.2, 0.25) is 0 Å². The lowest BCUT2D eigenvalue weighted by Crippen LogP contribution is -2.38. The number of aromatic amines is 1. The van der Waals surface area contributed by atoms with Gasteiger partial charge >= 0.3 is 0 Å². The van der Waals surface area contributed by atoms with Gasteiger partial charge in [-0.2, -0.15) is 0 Å². The van der Waals surface area contributed by atoms with E-state index in [4.69, 9.17) is 15.2 Å². The van der Waals surface area contributed by atoms with Crippen molar-refractivity contribution < 1.29 is 5.11 Å². The van der Waals surface area contributed by atoms with Gasteiger partial charge in [-0.15, -0.1) is 10.2 Å². The number of rotatable bonds is 14. The molecule has 0 spiro atoms. The molecule has 0 atom stereocenters. The normalized spacial score (nSPS) is 11.7. The molecule has 0 aliphatic carbocycles. The third kappa shape index (κ3) is 6.47. The number of hydrogen-bond acceptors (Lipinski definition) is 4. The van der Waals surface area contributed by atoms with Crippen LogP contribution in [0.5, 0.6) is 0 Å². The molecule has 3 aromatic heterocycles. The number of nitrogens with zero attached hydrogens (tertiary/aromatic N) is 5. The van der Waals surface area contributed by atoms with E-state index in [0.29, 0.717) is 6.42 Å². The maximum Gasteiger partial charge on any atom is 0.137 e. The largest absolute Gasteiger partial charge is 0.392 e. The molecule has 7 nitrogen and oxygen atoms in total. The number of hydrogen-bond donors (Lipinski definition) is 2. The zero-order valence-electron chi connectivity index (χ0n) is 29.1. The van der Waals surface area contributed by atoms with Crippen molar-refractivity contribution in [3.8, 4) is 0 Å². The lowest BCUT2D eigenvalue weighted by atomic mass is 9.76. The minimum Gasteiger partial charge on any atom is -0.392 e. The summed E-state index contributed by atoms with van der Waals surface area (Å²) in [6, 6.07) is 48.8. The number of benzene rings is 5. The monoisotopic (exact) mass is 682 g/mol. The average molecular weight is 683 g/mol. The van der Waals surface area contributed by atoms with Gasteiger partial charge in [0.25, 0.3) is 0 Å². The van der Waals surface area contributed by atoms with Crippen molar-refractivity contribution in [2.45, 2.75) is 50.8 Å². The van der Waals surface area contributed by atoms with Crippen LogP contribution in [0.15, 0.2) is 158 Å². The minimum atomic E-state index is -0.609. The molecule has 0 amide bonds. The van der Waals surface area contributed by atoms with Crippen LogP contribution in [-0.2, 0) is 44.4 Å². The summed E-state index contributed by atoms with van der Waals surface area (Å²) in [5, 5.41) is 20.3. The lowest BCUT2D eigenvalue weighted by Gasteiger charge is -2.38. The predicted molar refractivity (Wildman–Crippen MR) is 206 cm³/mol. The molecule has 0 radical (unpaired) electrons. The van der Waals surface area contributed by atoms with Gasteiger partial charge in [-0.25, -0.2) is 4.98 Å². The predicted octanol–water partition coefficient (Wildman–Crippen LogP) is 8.30. The van der Waals surface area contributed by atoms with Crippen LogP contribution in [0.25, 0.3) is 10.9 Å². The average Bonchev–Trinajstić information content (AvgIpc) is 3.95. The van der Waals surface area contributed by atoms with E-state index in [1.807, 2.05) is 24.7 Å². The molecular formula is C45H42N6O. The van der Waals surface area contributed by atoms with Crippen molar-refractivity contribution in [1.82, 2.24) is 29.3 Å². The van der Waals surface area contributed by atoms with E-state index in [1.165, 1.54) is 27.6 Å². The second-order valence-corrected chi connectivity index (χ2v) is 13.4. The summed E-state index contributed by atoms with van der Waals surface area (Å²) in [5.41, 5.74) is 8.58. The standard InChI is InChI=1S/C45H42N6O/c52-32-35-24-22-34(23-25-35)29-44-49-48-43(27-26-36-30-47-42-21-11-10-20-41(36)42)50(44)28-12-19-40-31-46-33-51(40)45(37-13-4-1-5-14-37,38-15-6-2-7-16-38)39-17-8-3-9-18-39/h1-11,13-18,20-25,30-31,33,47,52H,12,19,26-29,32H2. The molecule has 8 rings (SSSR count). The zero-order valence-corrected chi connectivity index (χ0v) is 29.1. The fraction of sp³-hybridized carbons (Fsp3) is 0.178. The van der Waals surface area contributed by atoms with Crippen LogP contribution < -0.4 is 0 Å². The molecule has 2 N–H and O–H groups in total. The van der Waals surface area contributed by atoms with Crippen LogP contribution in [0.3, 0.4) is 0 Å². The van der Waals surface area contributed by atoms with Crippen molar-refractivity contribution in [2.75, 3.05) is 0 Å². The molecular weight excluding hydrogens is 641 g/mol. The zero-order chi connectivity index (χ0) is 35.2. The Labute approximate surface area is 304 Å². The molecule has 5 aromatic carbocycles. The molecule has 52 heavy (non-hydrogen) atoms. The van der Waals surface area contributed by atoms with E-state index in [-0.39, 0.29) is 6.61 Å². The first-order chi connectivity index (χ1) is 25.7. The highest BCUT2D eigenvalue weighted by atomic mass is 16.3. The van der Waals surface area contributed by atoms with Gasteiger partial charge in [0.15, 0.2) is 0 Å². The lowest BCUT2D eigenvalue weighted by molar-refractivity contribution is 0.282. The number of imidazole rings is 1. The molecule has 258 valence electrons. The van der Waals surface area contributed by atoms with Crippen molar-refractivity contribution in [2.24, 2.45) is 0 Å².